The highest BCUT2D eigenvalue weighted by atomic mass is 32.3. The Bertz CT molecular complexity index is 891. The fourth-order valence-electron chi connectivity index (χ4n) is 4.20. The standard InChI is InChI=1S/C21H26O5S/c1-2-7-18-19(21-11-6-5-10-20(18)21)9-4-3-8-15-12-16(22)14-17(13-15)26-27(23,24)25/h5-6,10-14,18-19,22H,2-4,7-9H2,1H3,(H,23,24,25)/t18-,19-/m1/s1. The first-order valence-electron chi connectivity index (χ1n) is 9.46. The number of unbranched alkanes of at least 4 members (excludes halogenated alkanes) is 1. The molecular formula is C21H26O5S. The number of phenols is 1. The summed E-state index contributed by atoms with van der Waals surface area (Å²) in [5.41, 5.74) is 3.77. The molecule has 0 fully saturated rings. The molecule has 2 aromatic carbocycles. The monoisotopic (exact) mass is 390 g/mol. The zero-order valence-electron chi connectivity index (χ0n) is 15.5. The van der Waals surface area contributed by atoms with Crippen molar-refractivity contribution >= 4 is 10.4 Å². The second-order valence-electron chi connectivity index (χ2n) is 7.22. The molecular weight excluding hydrogens is 364 g/mol. The van der Waals surface area contributed by atoms with E-state index in [1.54, 1.807) is 6.07 Å². The van der Waals surface area contributed by atoms with Crippen LogP contribution in [0.3, 0.4) is 0 Å². The lowest BCUT2D eigenvalue weighted by molar-refractivity contribution is 0.385. The second kappa shape index (κ2) is 8.31. The van der Waals surface area contributed by atoms with Gasteiger partial charge in [-0.1, -0.05) is 44.0 Å². The van der Waals surface area contributed by atoms with Gasteiger partial charge < -0.3 is 9.29 Å². The molecule has 0 saturated heterocycles. The first-order chi connectivity index (χ1) is 12.9. The van der Waals surface area contributed by atoms with Crippen molar-refractivity contribution in [3.8, 4) is 11.5 Å². The van der Waals surface area contributed by atoms with Gasteiger partial charge in [0.1, 0.15) is 11.5 Å². The Morgan fingerprint density at radius 2 is 1.67 bits per heavy atom. The Labute approximate surface area is 161 Å². The zero-order chi connectivity index (χ0) is 19.4. The number of hydrogen-bond acceptors (Lipinski definition) is 4. The van der Waals surface area contributed by atoms with Crippen LogP contribution in [0.4, 0.5) is 0 Å². The highest BCUT2D eigenvalue weighted by Gasteiger charge is 2.35. The minimum absolute atomic E-state index is 0.0802. The van der Waals surface area contributed by atoms with Crippen LogP contribution < -0.4 is 4.18 Å². The van der Waals surface area contributed by atoms with Crippen molar-refractivity contribution in [3.63, 3.8) is 0 Å². The van der Waals surface area contributed by atoms with Crippen LogP contribution >= 0.6 is 0 Å². The summed E-state index contributed by atoms with van der Waals surface area (Å²) in [5.74, 6) is 1.14. The summed E-state index contributed by atoms with van der Waals surface area (Å²) in [4.78, 5) is 0. The number of benzene rings is 2. The minimum atomic E-state index is -4.59. The molecule has 0 heterocycles. The maximum atomic E-state index is 10.8. The molecule has 0 radical (unpaired) electrons. The van der Waals surface area contributed by atoms with E-state index in [-0.39, 0.29) is 11.5 Å². The van der Waals surface area contributed by atoms with Crippen molar-refractivity contribution < 1.29 is 22.3 Å². The maximum Gasteiger partial charge on any atom is 0.446 e. The molecule has 1 aliphatic carbocycles. The van der Waals surface area contributed by atoms with E-state index in [1.807, 2.05) is 0 Å². The van der Waals surface area contributed by atoms with Crippen LogP contribution in [0.15, 0.2) is 42.5 Å². The first-order valence-corrected chi connectivity index (χ1v) is 10.8. The molecule has 3 rings (SSSR count). The van der Waals surface area contributed by atoms with Gasteiger partial charge in [-0.2, -0.15) is 8.42 Å². The third-order valence-electron chi connectivity index (χ3n) is 5.26. The van der Waals surface area contributed by atoms with E-state index in [4.69, 9.17) is 4.55 Å². The van der Waals surface area contributed by atoms with Gasteiger partial charge in [0.05, 0.1) is 0 Å². The van der Waals surface area contributed by atoms with Gasteiger partial charge in [-0.3, -0.25) is 4.55 Å². The van der Waals surface area contributed by atoms with Crippen LogP contribution in [-0.4, -0.2) is 18.1 Å². The Morgan fingerprint density at radius 1 is 1.00 bits per heavy atom. The fourth-order valence-corrected chi connectivity index (χ4v) is 4.54. The van der Waals surface area contributed by atoms with E-state index >= 15 is 0 Å². The van der Waals surface area contributed by atoms with Gasteiger partial charge in [0.15, 0.2) is 0 Å². The fraction of sp³-hybridized carbons (Fsp3) is 0.429. The zero-order valence-corrected chi connectivity index (χ0v) is 16.3. The lowest BCUT2D eigenvalue weighted by Gasteiger charge is -2.40. The van der Waals surface area contributed by atoms with Crippen LogP contribution in [0.25, 0.3) is 0 Å². The van der Waals surface area contributed by atoms with Crippen molar-refractivity contribution in [1.82, 2.24) is 0 Å². The molecule has 146 valence electrons. The van der Waals surface area contributed by atoms with E-state index in [0.29, 0.717) is 18.3 Å². The van der Waals surface area contributed by atoms with Crippen LogP contribution in [0.1, 0.15) is 67.6 Å². The number of fused-ring (bicyclic) bond motifs is 1. The van der Waals surface area contributed by atoms with E-state index in [0.717, 1.165) is 30.9 Å². The number of aromatic hydroxyl groups is 1. The van der Waals surface area contributed by atoms with Crippen LogP contribution in [0.5, 0.6) is 11.5 Å². The quantitative estimate of drug-likeness (QED) is 0.467. The Hall–Kier alpha value is -2.05. The molecule has 0 unspecified atom stereocenters. The number of hydrogen-bond donors (Lipinski definition) is 2. The first kappa shape index (κ1) is 19.7. The highest BCUT2D eigenvalue weighted by molar-refractivity contribution is 7.81. The van der Waals surface area contributed by atoms with Crippen molar-refractivity contribution in [1.29, 1.82) is 0 Å². The third-order valence-corrected chi connectivity index (χ3v) is 5.67. The van der Waals surface area contributed by atoms with Crippen LogP contribution in [0.2, 0.25) is 0 Å². The van der Waals surface area contributed by atoms with E-state index < -0.39 is 10.4 Å². The lowest BCUT2D eigenvalue weighted by atomic mass is 9.64. The number of phenolic OH excluding ortho intramolecular Hbond substituents is 1. The largest absolute Gasteiger partial charge is 0.508 e. The summed E-state index contributed by atoms with van der Waals surface area (Å²) < 4.78 is 34.9. The lowest BCUT2D eigenvalue weighted by Crippen LogP contribution is -2.24. The molecule has 5 nitrogen and oxygen atoms in total. The van der Waals surface area contributed by atoms with Gasteiger partial charge in [0.2, 0.25) is 0 Å². The predicted octanol–water partition coefficient (Wildman–Crippen LogP) is 4.97. The Kier molecular flexibility index (Phi) is 6.07. The van der Waals surface area contributed by atoms with Crippen molar-refractivity contribution in [2.45, 2.75) is 57.3 Å². The average Bonchev–Trinajstić information content (AvgIpc) is 2.57. The van der Waals surface area contributed by atoms with Gasteiger partial charge in [-0.15, -0.1) is 0 Å². The Balaban J connectivity index is 1.55. The molecule has 2 aromatic rings. The van der Waals surface area contributed by atoms with Gasteiger partial charge in [-0.05, 0) is 66.3 Å². The molecule has 0 spiro atoms. The van der Waals surface area contributed by atoms with Crippen molar-refractivity contribution in [2.24, 2.45) is 0 Å². The summed E-state index contributed by atoms with van der Waals surface area (Å²) >= 11 is 0. The predicted molar refractivity (Wildman–Crippen MR) is 105 cm³/mol. The number of rotatable bonds is 9. The molecule has 2 N–H and O–H groups in total. The summed E-state index contributed by atoms with van der Waals surface area (Å²) in [6.07, 6.45) is 6.26. The summed E-state index contributed by atoms with van der Waals surface area (Å²) in [5, 5.41) is 9.73. The van der Waals surface area contributed by atoms with E-state index in [2.05, 4.69) is 35.4 Å². The molecule has 0 bridgehead atoms. The molecule has 27 heavy (non-hydrogen) atoms. The maximum absolute atomic E-state index is 10.8. The molecule has 2 atom stereocenters. The molecule has 1 aliphatic rings. The molecule has 6 heteroatoms. The molecule has 0 amide bonds. The van der Waals surface area contributed by atoms with Gasteiger partial charge in [0, 0.05) is 6.07 Å². The smallest absolute Gasteiger partial charge is 0.446 e. The second-order valence-corrected chi connectivity index (χ2v) is 8.24. The van der Waals surface area contributed by atoms with Crippen molar-refractivity contribution in [3.05, 3.63) is 59.2 Å². The van der Waals surface area contributed by atoms with Crippen molar-refractivity contribution in [2.75, 3.05) is 0 Å². The third kappa shape index (κ3) is 5.02. The van der Waals surface area contributed by atoms with E-state index in [9.17, 15) is 13.5 Å². The van der Waals surface area contributed by atoms with Gasteiger partial charge in [0.25, 0.3) is 0 Å². The molecule has 0 aliphatic heterocycles. The van der Waals surface area contributed by atoms with Crippen LogP contribution in [-0.2, 0) is 16.8 Å². The van der Waals surface area contributed by atoms with Crippen LogP contribution in [0, 0.1) is 0 Å². The summed E-state index contributed by atoms with van der Waals surface area (Å²) in [7, 11) is -4.59. The SMILES string of the molecule is CCC[C@H]1c2ccccc2[C@@H]1CCCCc1cc(O)cc(OS(=O)(=O)O)c1. The minimum Gasteiger partial charge on any atom is -0.508 e. The molecule has 0 aromatic heterocycles. The summed E-state index contributed by atoms with van der Waals surface area (Å²) in [6.45, 7) is 2.23. The Morgan fingerprint density at radius 3 is 2.30 bits per heavy atom. The number of aryl methyl sites for hydroxylation is 1. The van der Waals surface area contributed by atoms with E-state index in [1.165, 1.54) is 30.0 Å². The van der Waals surface area contributed by atoms with Gasteiger partial charge >= 0.3 is 10.4 Å². The normalized spacial score (nSPS) is 18.6. The topological polar surface area (TPSA) is 83.8 Å². The highest BCUT2D eigenvalue weighted by Crippen LogP contribution is 2.51. The molecule has 0 saturated carbocycles. The summed E-state index contributed by atoms with van der Waals surface area (Å²) in [6, 6.07) is 13.0. The van der Waals surface area contributed by atoms with Gasteiger partial charge in [-0.25, -0.2) is 0 Å². The average molecular weight is 391 g/mol.